The third kappa shape index (κ3) is 4.20. The molecule has 0 spiro atoms. The van der Waals surface area contributed by atoms with Gasteiger partial charge in [0.25, 0.3) is 0 Å². The largest absolute Gasteiger partial charge is 0.388 e. The summed E-state index contributed by atoms with van der Waals surface area (Å²) >= 11 is 3.26. The van der Waals surface area contributed by atoms with E-state index in [0.717, 1.165) is 10.9 Å². The second-order valence-electron chi connectivity index (χ2n) is 3.52. The highest BCUT2D eigenvalue weighted by Crippen LogP contribution is 2.24. The van der Waals surface area contributed by atoms with E-state index >= 15 is 0 Å². The lowest BCUT2D eigenvalue weighted by atomic mass is 10.0. The molecular weight excluding hydrogens is 275 g/mol. The molecular formula is C12H16BrFO2. The molecule has 0 aliphatic carbocycles. The van der Waals surface area contributed by atoms with Crippen LogP contribution in [0.4, 0.5) is 4.39 Å². The summed E-state index contributed by atoms with van der Waals surface area (Å²) in [6, 6.07) is 4.58. The smallest absolute Gasteiger partial charge is 0.129 e. The number of halogens is 2. The Morgan fingerprint density at radius 2 is 2.25 bits per heavy atom. The number of ether oxygens (including phenoxy) is 1. The summed E-state index contributed by atoms with van der Waals surface area (Å²) < 4.78 is 19.3. The zero-order valence-corrected chi connectivity index (χ0v) is 10.8. The first-order valence-corrected chi connectivity index (χ1v) is 6.15. The van der Waals surface area contributed by atoms with Crippen molar-refractivity contribution >= 4 is 15.9 Å². The molecule has 0 saturated heterocycles. The van der Waals surface area contributed by atoms with Gasteiger partial charge in [0.2, 0.25) is 0 Å². The topological polar surface area (TPSA) is 29.5 Å². The van der Waals surface area contributed by atoms with Crippen LogP contribution in [-0.2, 0) is 4.74 Å². The minimum Gasteiger partial charge on any atom is -0.388 e. The van der Waals surface area contributed by atoms with Crippen molar-refractivity contribution in [2.75, 3.05) is 13.2 Å². The molecule has 1 N–H and O–H groups in total. The molecule has 1 aromatic carbocycles. The van der Waals surface area contributed by atoms with Gasteiger partial charge in [0, 0.05) is 23.2 Å². The molecule has 0 aliphatic heterocycles. The van der Waals surface area contributed by atoms with Gasteiger partial charge in [-0.1, -0.05) is 15.9 Å². The SMILES string of the molecule is CCOCCCC(O)c1cc(Br)ccc1F. The van der Waals surface area contributed by atoms with E-state index in [2.05, 4.69) is 15.9 Å². The predicted octanol–water partition coefficient (Wildman–Crippen LogP) is 3.44. The molecule has 0 fully saturated rings. The molecule has 2 nitrogen and oxygen atoms in total. The maximum absolute atomic E-state index is 13.4. The van der Waals surface area contributed by atoms with Crippen LogP contribution >= 0.6 is 15.9 Å². The lowest BCUT2D eigenvalue weighted by Crippen LogP contribution is -2.03. The molecule has 1 atom stereocenters. The molecule has 0 aliphatic rings. The van der Waals surface area contributed by atoms with Crippen LogP contribution in [0.15, 0.2) is 22.7 Å². The van der Waals surface area contributed by atoms with Crippen molar-refractivity contribution in [2.24, 2.45) is 0 Å². The second-order valence-corrected chi connectivity index (χ2v) is 4.44. The third-order valence-electron chi connectivity index (χ3n) is 2.29. The number of rotatable bonds is 6. The van der Waals surface area contributed by atoms with E-state index in [1.54, 1.807) is 12.1 Å². The van der Waals surface area contributed by atoms with Crippen molar-refractivity contribution in [1.29, 1.82) is 0 Å². The summed E-state index contributed by atoms with van der Waals surface area (Å²) in [7, 11) is 0. The lowest BCUT2D eigenvalue weighted by molar-refractivity contribution is 0.113. The summed E-state index contributed by atoms with van der Waals surface area (Å²) in [6.07, 6.45) is 0.465. The molecule has 0 saturated carbocycles. The molecule has 1 unspecified atom stereocenters. The number of aliphatic hydroxyl groups is 1. The first-order chi connectivity index (χ1) is 7.65. The van der Waals surface area contributed by atoms with E-state index in [0.29, 0.717) is 25.2 Å². The fourth-order valence-electron chi connectivity index (χ4n) is 1.45. The Bertz CT molecular complexity index is 331. The second kappa shape index (κ2) is 6.99. The average molecular weight is 291 g/mol. The number of aliphatic hydroxyl groups excluding tert-OH is 1. The Hall–Kier alpha value is -0.450. The van der Waals surface area contributed by atoms with E-state index < -0.39 is 6.10 Å². The average Bonchev–Trinajstić information content (AvgIpc) is 2.27. The Morgan fingerprint density at radius 1 is 1.50 bits per heavy atom. The first kappa shape index (κ1) is 13.6. The van der Waals surface area contributed by atoms with Gasteiger partial charge in [-0.25, -0.2) is 4.39 Å². The van der Waals surface area contributed by atoms with Crippen molar-refractivity contribution in [3.05, 3.63) is 34.1 Å². The van der Waals surface area contributed by atoms with Crippen molar-refractivity contribution in [3.63, 3.8) is 0 Å². The highest BCUT2D eigenvalue weighted by atomic mass is 79.9. The number of hydrogen-bond donors (Lipinski definition) is 1. The Kier molecular flexibility index (Phi) is 5.95. The molecule has 16 heavy (non-hydrogen) atoms. The van der Waals surface area contributed by atoms with Crippen LogP contribution < -0.4 is 0 Å². The molecule has 4 heteroatoms. The molecule has 0 aromatic heterocycles. The van der Waals surface area contributed by atoms with Gasteiger partial charge in [0.1, 0.15) is 5.82 Å². The number of benzene rings is 1. The van der Waals surface area contributed by atoms with Crippen molar-refractivity contribution in [3.8, 4) is 0 Å². The van der Waals surface area contributed by atoms with E-state index in [-0.39, 0.29) is 5.82 Å². The van der Waals surface area contributed by atoms with Crippen LogP contribution in [0, 0.1) is 5.82 Å². The Balaban J connectivity index is 2.51. The molecule has 0 heterocycles. The van der Waals surface area contributed by atoms with Crippen LogP contribution in [0.25, 0.3) is 0 Å². The quantitative estimate of drug-likeness (QED) is 0.814. The molecule has 90 valence electrons. The van der Waals surface area contributed by atoms with E-state index in [9.17, 15) is 9.50 Å². The van der Waals surface area contributed by atoms with Gasteiger partial charge in [-0.2, -0.15) is 0 Å². The van der Waals surface area contributed by atoms with Crippen LogP contribution in [0.3, 0.4) is 0 Å². The molecule has 0 bridgehead atoms. The summed E-state index contributed by atoms with van der Waals surface area (Å²) in [5, 5.41) is 9.81. The monoisotopic (exact) mass is 290 g/mol. The lowest BCUT2D eigenvalue weighted by Gasteiger charge is -2.12. The van der Waals surface area contributed by atoms with Crippen molar-refractivity contribution in [2.45, 2.75) is 25.9 Å². The van der Waals surface area contributed by atoms with Gasteiger partial charge in [0.15, 0.2) is 0 Å². The summed E-state index contributed by atoms with van der Waals surface area (Å²) in [4.78, 5) is 0. The van der Waals surface area contributed by atoms with Gasteiger partial charge in [-0.3, -0.25) is 0 Å². The van der Waals surface area contributed by atoms with Crippen LogP contribution in [0.1, 0.15) is 31.4 Å². The fraction of sp³-hybridized carbons (Fsp3) is 0.500. The van der Waals surface area contributed by atoms with Gasteiger partial charge < -0.3 is 9.84 Å². The molecule has 1 rings (SSSR count). The normalized spacial score (nSPS) is 12.8. The summed E-state index contributed by atoms with van der Waals surface area (Å²) in [6.45, 7) is 3.19. The van der Waals surface area contributed by atoms with Gasteiger partial charge >= 0.3 is 0 Å². The van der Waals surface area contributed by atoms with Gasteiger partial charge in [-0.15, -0.1) is 0 Å². The maximum Gasteiger partial charge on any atom is 0.129 e. The van der Waals surface area contributed by atoms with Crippen molar-refractivity contribution in [1.82, 2.24) is 0 Å². The van der Waals surface area contributed by atoms with E-state index in [4.69, 9.17) is 4.74 Å². The van der Waals surface area contributed by atoms with Gasteiger partial charge in [-0.05, 0) is 38.0 Å². The molecule has 0 amide bonds. The van der Waals surface area contributed by atoms with Crippen LogP contribution in [0.2, 0.25) is 0 Å². The zero-order valence-electron chi connectivity index (χ0n) is 9.25. The number of hydrogen-bond acceptors (Lipinski definition) is 2. The predicted molar refractivity (Wildman–Crippen MR) is 64.8 cm³/mol. The highest BCUT2D eigenvalue weighted by molar-refractivity contribution is 9.10. The minimum absolute atomic E-state index is 0.339. The van der Waals surface area contributed by atoms with E-state index in [1.165, 1.54) is 6.07 Å². The summed E-state index contributed by atoms with van der Waals surface area (Å²) in [5.74, 6) is -0.368. The Labute approximate surface area is 104 Å². The van der Waals surface area contributed by atoms with Crippen molar-refractivity contribution < 1.29 is 14.2 Å². The standard InChI is InChI=1S/C12H16BrFO2/c1-2-16-7-3-4-12(15)10-8-9(13)5-6-11(10)14/h5-6,8,12,15H,2-4,7H2,1H3. The third-order valence-corrected chi connectivity index (χ3v) is 2.78. The minimum atomic E-state index is -0.766. The van der Waals surface area contributed by atoms with Crippen LogP contribution in [-0.4, -0.2) is 18.3 Å². The van der Waals surface area contributed by atoms with Crippen LogP contribution in [0.5, 0.6) is 0 Å². The van der Waals surface area contributed by atoms with Gasteiger partial charge in [0.05, 0.1) is 6.10 Å². The molecule has 1 aromatic rings. The summed E-state index contributed by atoms with van der Waals surface area (Å²) in [5.41, 5.74) is 0.339. The Morgan fingerprint density at radius 3 is 2.94 bits per heavy atom. The fourth-order valence-corrected chi connectivity index (χ4v) is 1.83. The first-order valence-electron chi connectivity index (χ1n) is 5.36. The zero-order chi connectivity index (χ0) is 12.0. The van der Waals surface area contributed by atoms with E-state index in [1.807, 2.05) is 6.92 Å². The highest BCUT2D eigenvalue weighted by Gasteiger charge is 2.12. The molecule has 0 radical (unpaired) electrons. The maximum atomic E-state index is 13.4.